The monoisotopic (exact) mass is 341 g/mol. The lowest BCUT2D eigenvalue weighted by atomic mass is 10.0. The molecule has 0 radical (unpaired) electrons. The van der Waals surface area contributed by atoms with Crippen molar-refractivity contribution in [1.82, 2.24) is 9.78 Å². The molecule has 1 aromatic heterocycles. The predicted molar refractivity (Wildman–Crippen MR) is 101 cm³/mol. The zero-order chi connectivity index (χ0) is 17.9. The van der Waals surface area contributed by atoms with E-state index in [1.54, 1.807) is 16.8 Å². The van der Waals surface area contributed by atoms with Gasteiger partial charge in [-0.05, 0) is 17.7 Å². The van der Waals surface area contributed by atoms with Gasteiger partial charge in [0.25, 0.3) is 5.69 Å². The second kappa shape index (κ2) is 6.64. The van der Waals surface area contributed by atoms with Crippen molar-refractivity contribution in [3.8, 4) is 28.1 Å². The zero-order valence-corrected chi connectivity index (χ0v) is 13.8. The van der Waals surface area contributed by atoms with Crippen LogP contribution in [0.15, 0.2) is 91.1 Å². The number of hydrogen-bond donors (Lipinski definition) is 0. The van der Waals surface area contributed by atoms with E-state index >= 15 is 0 Å². The van der Waals surface area contributed by atoms with Crippen LogP contribution in [-0.4, -0.2) is 14.7 Å². The maximum absolute atomic E-state index is 11.1. The fourth-order valence-corrected chi connectivity index (χ4v) is 2.90. The maximum Gasteiger partial charge on any atom is 0.270 e. The van der Waals surface area contributed by atoms with E-state index in [1.165, 1.54) is 6.07 Å². The average molecular weight is 341 g/mol. The summed E-state index contributed by atoms with van der Waals surface area (Å²) in [5.41, 5.74) is 4.35. The minimum absolute atomic E-state index is 0.0516. The molecule has 5 heteroatoms. The molecule has 26 heavy (non-hydrogen) atoms. The third-order valence-electron chi connectivity index (χ3n) is 4.15. The highest BCUT2D eigenvalue weighted by atomic mass is 16.6. The van der Waals surface area contributed by atoms with Gasteiger partial charge in [0.2, 0.25) is 0 Å². The molecule has 0 aliphatic carbocycles. The number of rotatable bonds is 4. The first-order valence-corrected chi connectivity index (χ1v) is 8.18. The number of non-ortho nitro benzene ring substituents is 1. The summed E-state index contributed by atoms with van der Waals surface area (Å²) in [5, 5.41) is 15.9. The Labute approximate surface area is 150 Å². The van der Waals surface area contributed by atoms with Crippen LogP contribution in [0.4, 0.5) is 5.69 Å². The number of para-hydroxylation sites is 1. The molecule has 126 valence electrons. The van der Waals surface area contributed by atoms with Crippen LogP contribution in [0.2, 0.25) is 0 Å². The Morgan fingerprint density at radius 3 is 2.15 bits per heavy atom. The molecular formula is C21H15N3O2. The van der Waals surface area contributed by atoms with Gasteiger partial charge in [0, 0.05) is 29.5 Å². The SMILES string of the molecule is O=[N+]([O-])c1cccc(-c2nn(-c3ccccc3)cc2-c2ccccc2)c1. The highest BCUT2D eigenvalue weighted by Crippen LogP contribution is 2.33. The highest BCUT2D eigenvalue weighted by molar-refractivity contribution is 5.81. The average Bonchev–Trinajstić information content (AvgIpc) is 3.15. The molecule has 1 heterocycles. The molecule has 3 aromatic carbocycles. The fourth-order valence-electron chi connectivity index (χ4n) is 2.90. The van der Waals surface area contributed by atoms with Gasteiger partial charge >= 0.3 is 0 Å². The van der Waals surface area contributed by atoms with Crippen molar-refractivity contribution < 1.29 is 4.92 Å². The summed E-state index contributed by atoms with van der Waals surface area (Å²) in [5.74, 6) is 0. The van der Waals surface area contributed by atoms with E-state index in [1.807, 2.05) is 72.9 Å². The van der Waals surface area contributed by atoms with Crippen LogP contribution in [0, 0.1) is 10.1 Å². The van der Waals surface area contributed by atoms with Crippen molar-refractivity contribution in [2.45, 2.75) is 0 Å². The Bertz CT molecular complexity index is 1060. The molecule has 4 rings (SSSR count). The highest BCUT2D eigenvalue weighted by Gasteiger charge is 2.16. The van der Waals surface area contributed by atoms with Crippen LogP contribution in [0.3, 0.4) is 0 Å². The van der Waals surface area contributed by atoms with Gasteiger partial charge in [0.15, 0.2) is 0 Å². The number of benzene rings is 3. The largest absolute Gasteiger partial charge is 0.270 e. The van der Waals surface area contributed by atoms with Gasteiger partial charge < -0.3 is 0 Å². The molecular weight excluding hydrogens is 326 g/mol. The Kier molecular flexibility index (Phi) is 4.03. The number of hydrogen-bond acceptors (Lipinski definition) is 3. The first-order chi connectivity index (χ1) is 12.7. The van der Waals surface area contributed by atoms with Gasteiger partial charge in [-0.2, -0.15) is 5.10 Å². The minimum Gasteiger partial charge on any atom is -0.258 e. The first-order valence-electron chi connectivity index (χ1n) is 8.18. The van der Waals surface area contributed by atoms with E-state index in [4.69, 9.17) is 5.10 Å². The van der Waals surface area contributed by atoms with Crippen molar-refractivity contribution in [2.75, 3.05) is 0 Å². The first kappa shape index (κ1) is 15.8. The number of nitro benzene ring substituents is 1. The zero-order valence-electron chi connectivity index (χ0n) is 13.8. The molecule has 0 N–H and O–H groups in total. The van der Waals surface area contributed by atoms with Gasteiger partial charge in [0.05, 0.1) is 10.6 Å². The maximum atomic E-state index is 11.1. The smallest absolute Gasteiger partial charge is 0.258 e. The fraction of sp³-hybridized carbons (Fsp3) is 0. The Balaban J connectivity index is 1.91. The van der Waals surface area contributed by atoms with E-state index in [0.717, 1.165) is 16.8 Å². The number of nitro groups is 1. The Morgan fingerprint density at radius 1 is 0.808 bits per heavy atom. The van der Waals surface area contributed by atoms with Gasteiger partial charge in [-0.3, -0.25) is 10.1 Å². The van der Waals surface area contributed by atoms with E-state index in [-0.39, 0.29) is 10.6 Å². The van der Waals surface area contributed by atoms with Crippen LogP contribution in [0.5, 0.6) is 0 Å². The van der Waals surface area contributed by atoms with E-state index in [2.05, 4.69) is 0 Å². The molecule has 0 amide bonds. The lowest BCUT2D eigenvalue weighted by Gasteiger charge is -2.02. The summed E-state index contributed by atoms with van der Waals surface area (Å²) < 4.78 is 1.80. The topological polar surface area (TPSA) is 61.0 Å². The normalized spacial score (nSPS) is 10.6. The molecule has 0 aliphatic heterocycles. The third kappa shape index (κ3) is 2.98. The van der Waals surface area contributed by atoms with Crippen molar-refractivity contribution in [2.24, 2.45) is 0 Å². The van der Waals surface area contributed by atoms with Crippen LogP contribution in [-0.2, 0) is 0 Å². The van der Waals surface area contributed by atoms with E-state index in [9.17, 15) is 10.1 Å². The molecule has 5 nitrogen and oxygen atoms in total. The second-order valence-electron chi connectivity index (χ2n) is 5.84. The van der Waals surface area contributed by atoms with Crippen molar-refractivity contribution in [3.63, 3.8) is 0 Å². The molecule has 0 spiro atoms. The number of aromatic nitrogens is 2. The molecule has 0 aliphatic rings. The van der Waals surface area contributed by atoms with Crippen molar-refractivity contribution >= 4 is 5.69 Å². The van der Waals surface area contributed by atoms with Gasteiger partial charge in [-0.1, -0.05) is 60.7 Å². The predicted octanol–water partition coefficient (Wildman–Crippen LogP) is 5.11. The van der Waals surface area contributed by atoms with Crippen molar-refractivity contribution in [3.05, 3.63) is 101 Å². The van der Waals surface area contributed by atoms with Gasteiger partial charge in [0.1, 0.15) is 5.69 Å². The summed E-state index contributed by atoms with van der Waals surface area (Å²) >= 11 is 0. The Morgan fingerprint density at radius 2 is 1.46 bits per heavy atom. The quantitative estimate of drug-likeness (QED) is 0.382. The van der Waals surface area contributed by atoms with Crippen LogP contribution in [0.1, 0.15) is 0 Å². The summed E-state index contributed by atoms with van der Waals surface area (Å²) in [4.78, 5) is 10.8. The standard InChI is InChI=1S/C21H15N3O2/c25-24(26)19-13-7-10-17(14-19)21-20(16-8-3-1-4-9-16)15-23(22-21)18-11-5-2-6-12-18/h1-15H. The second-order valence-corrected chi connectivity index (χ2v) is 5.84. The molecule has 4 aromatic rings. The van der Waals surface area contributed by atoms with Crippen molar-refractivity contribution in [1.29, 1.82) is 0 Å². The van der Waals surface area contributed by atoms with Gasteiger partial charge in [-0.15, -0.1) is 0 Å². The molecule has 0 fully saturated rings. The van der Waals surface area contributed by atoms with Gasteiger partial charge in [-0.25, -0.2) is 4.68 Å². The lowest BCUT2D eigenvalue weighted by Crippen LogP contribution is -1.94. The minimum atomic E-state index is -0.389. The van der Waals surface area contributed by atoms with E-state index < -0.39 is 0 Å². The summed E-state index contributed by atoms with van der Waals surface area (Å²) in [7, 11) is 0. The van der Waals surface area contributed by atoms with Crippen LogP contribution in [0.25, 0.3) is 28.1 Å². The molecule has 0 atom stereocenters. The molecule has 0 unspecified atom stereocenters. The van der Waals surface area contributed by atoms with E-state index in [0.29, 0.717) is 11.3 Å². The summed E-state index contributed by atoms with van der Waals surface area (Å²) in [6.45, 7) is 0. The third-order valence-corrected chi connectivity index (χ3v) is 4.15. The molecule has 0 saturated carbocycles. The summed E-state index contributed by atoms with van der Waals surface area (Å²) in [6, 6.07) is 26.3. The number of nitrogens with zero attached hydrogens (tertiary/aromatic N) is 3. The van der Waals surface area contributed by atoms with Crippen LogP contribution < -0.4 is 0 Å². The summed E-state index contributed by atoms with van der Waals surface area (Å²) in [6.07, 6.45) is 1.96. The Hall–Kier alpha value is -3.73. The molecule has 0 saturated heterocycles. The van der Waals surface area contributed by atoms with Crippen LogP contribution >= 0.6 is 0 Å². The molecule has 0 bridgehead atoms. The lowest BCUT2D eigenvalue weighted by molar-refractivity contribution is -0.384.